The van der Waals surface area contributed by atoms with Crippen molar-refractivity contribution in [3.63, 3.8) is 0 Å². The van der Waals surface area contributed by atoms with Gasteiger partial charge in [-0.2, -0.15) is 0 Å². The number of benzene rings is 1. The number of rotatable bonds is 1. The molecule has 1 aromatic heterocycles. The third kappa shape index (κ3) is 1.82. The number of carbonyl (C=O) groups excluding carboxylic acids is 1. The molecule has 1 saturated heterocycles. The average molecular weight is 257 g/mol. The van der Waals surface area contributed by atoms with E-state index >= 15 is 0 Å². The molecular formula is C13H11N3OS. The van der Waals surface area contributed by atoms with E-state index in [1.807, 2.05) is 24.3 Å². The first-order valence-corrected chi connectivity index (χ1v) is 6.35. The number of thioether (sulfide) groups is 1. The van der Waals surface area contributed by atoms with Gasteiger partial charge in [-0.05, 0) is 35.2 Å². The molecule has 4 nitrogen and oxygen atoms in total. The lowest BCUT2D eigenvalue weighted by Gasteiger charge is -2.07. The van der Waals surface area contributed by atoms with Gasteiger partial charge in [0.25, 0.3) is 0 Å². The topological polar surface area (TPSA) is 68.7 Å². The number of carbonyl (C=O) groups is 1. The molecule has 3 rings (SSSR count). The van der Waals surface area contributed by atoms with Crippen LogP contribution >= 0.6 is 11.8 Å². The summed E-state index contributed by atoms with van der Waals surface area (Å²) in [6, 6.07) is 9.36. The maximum Gasteiger partial charge on any atom is 0.242 e. The zero-order chi connectivity index (χ0) is 12.7. The van der Waals surface area contributed by atoms with Crippen LogP contribution in [0.1, 0.15) is 10.8 Å². The summed E-state index contributed by atoms with van der Waals surface area (Å²) >= 11 is 1.44. The van der Waals surface area contributed by atoms with Gasteiger partial charge < -0.3 is 10.3 Å². The van der Waals surface area contributed by atoms with Gasteiger partial charge in [0.05, 0.1) is 5.03 Å². The Kier molecular flexibility index (Phi) is 2.48. The molecule has 0 radical (unpaired) electrons. The highest BCUT2D eigenvalue weighted by Gasteiger charge is 2.29. The van der Waals surface area contributed by atoms with E-state index in [1.54, 1.807) is 6.07 Å². The first-order chi connectivity index (χ1) is 8.63. The number of hydrogen-bond donors (Lipinski definition) is 3. The van der Waals surface area contributed by atoms with Gasteiger partial charge in [-0.3, -0.25) is 10.2 Å². The first kappa shape index (κ1) is 11.1. The van der Waals surface area contributed by atoms with E-state index in [4.69, 9.17) is 5.41 Å². The van der Waals surface area contributed by atoms with Gasteiger partial charge in [0.2, 0.25) is 5.91 Å². The third-order valence-electron chi connectivity index (χ3n) is 2.84. The van der Waals surface area contributed by atoms with Crippen LogP contribution in [0.15, 0.2) is 41.9 Å². The average Bonchev–Trinajstić information content (AvgIpc) is 2.68. The van der Waals surface area contributed by atoms with Crippen LogP contribution in [0.3, 0.4) is 0 Å². The van der Waals surface area contributed by atoms with E-state index in [1.165, 1.54) is 11.8 Å². The molecule has 1 atom stereocenters. The Hall–Kier alpha value is -2.01. The molecule has 0 spiro atoms. The highest BCUT2D eigenvalue weighted by Crippen LogP contribution is 2.38. The molecule has 1 aliphatic rings. The van der Waals surface area contributed by atoms with Crippen molar-refractivity contribution in [2.45, 2.75) is 5.25 Å². The summed E-state index contributed by atoms with van der Waals surface area (Å²) in [5.74, 6) is -0.0227. The van der Waals surface area contributed by atoms with E-state index in [0.717, 1.165) is 16.5 Å². The van der Waals surface area contributed by atoms with Gasteiger partial charge in [-0.15, -0.1) is 0 Å². The summed E-state index contributed by atoms with van der Waals surface area (Å²) in [6.45, 7) is 3.75. The molecule has 3 N–H and O–H groups in total. The molecule has 5 heteroatoms. The van der Waals surface area contributed by atoms with Crippen molar-refractivity contribution >= 4 is 28.6 Å². The molecule has 1 unspecified atom stereocenters. The van der Waals surface area contributed by atoms with E-state index in [9.17, 15) is 4.79 Å². The Morgan fingerprint density at radius 2 is 2.11 bits per heavy atom. The number of aromatic amines is 1. The van der Waals surface area contributed by atoms with Crippen LogP contribution in [0, 0.1) is 5.41 Å². The van der Waals surface area contributed by atoms with Crippen LogP contribution in [0.4, 0.5) is 0 Å². The third-order valence-corrected chi connectivity index (χ3v) is 3.95. The highest BCUT2D eigenvalue weighted by molar-refractivity contribution is 8.04. The molecule has 18 heavy (non-hydrogen) atoms. The Morgan fingerprint density at radius 3 is 2.83 bits per heavy atom. The number of amides is 1. The van der Waals surface area contributed by atoms with Crippen LogP contribution in [0.25, 0.3) is 10.9 Å². The van der Waals surface area contributed by atoms with Crippen molar-refractivity contribution < 1.29 is 4.79 Å². The summed E-state index contributed by atoms with van der Waals surface area (Å²) < 4.78 is 0. The van der Waals surface area contributed by atoms with E-state index in [2.05, 4.69) is 16.9 Å². The Bertz CT molecular complexity index is 719. The van der Waals surface area contributed by atoms with Gasteiger partial charge in [0.15, 0.2) is 0 Å². The number of fused-ring (bicyclic) bond motifs is 1. The number of H-pyrrole nitrogens is 1. The lowest BCUT2D eigenvalue weighted by molar-refractivity contribution is -0.119. The van der Waals surface area contributed by atoms with Crippen LogP contribution in [0.5, 0.6) is 0 Å². The highest BCUT2D eigenvalue weighted by atomic mass is 32.2. The predicted octanol–water partition coefficient (Wildman–Crippen LogP) is 2.02. The molecule has 2 heterocycles. The molecule has 1 aliphatic heterocycles. The van der Waals surface area contributed by atoms with Crippen molar-refractivity contribution in [3.8, 4) is 0 Å². The molecule has 1 aromatic carbocycles. The molecule has 0 bridgehead atoms. The van der Waals surface area contributed by atoms with Gasteiger partial charge in [0.1, 0.15) is 10.7 Å². The van der Waals surface area contributed by atoms with Gasteiger partial charge in [-0.1, -0.05) is 24.4 Å². The largest absolute Gasteiger partial charge is 0.340 e. The molecule has 0 aliphatic carbocycles. The maximum atomic E-state index is 11.7. The fourth-order valence-electron chi connectivity index (χ4n) is 2.00. The van der Waals surface area contributed by atoms with E-state index in [-0.39, 0.29) is 11.2 Å². The molecule has 90 valence electrons. The normalized spacial score (nSPS) is 19.2. The Morgan fingerprint density at radius 1 is 1.28 bits per heavy atom. The Labute approximate surface area is 108 Å². The molecule has 1 amide bonds. The number of aromatic nitrogens is 1. The maximum absolute atomic E-state index is 11.7. The van der Waals surface area contributed by atoms with Gasteiger partial charge >= 0.3 is 0 Å². The SMILES string of the molecule is C=C1NC(=O)C(c2ccc3[nH]c(=N)ccc3c2)S1. The van der Waals surface area contributed by atoms with Crippen LogP contribution < -0.4 is 10.8 Å². The van der Waals surface area contributed by atoms with Crippen molar-refractivity contribution in [1.82, 2.24) is 10.3 Å². The lowest BCUT2D eigenvalue weighted by Crippen LogP contribution is -2.16. The summed E-state index contributed by atoms with van der Waals surface area (Å²) in [7, 11) is 0. The van der Waals surface area contributed by atoms with Crippen molar-refractivity contribution in [1.29, 1.82) is 5.41 Å². The zero-order valence-corrected chi connectivity index (χ0v) is 10.3. The predicted molar refractivity (Wildman–Crippen MR) is 71.8 cm³/mol. The summed E-state index contributed by atoms with van der Waals surface area (Å²) in [5, 5.41) is 11.7. The molecule has 1 fully saturated rings. The van der Waals surface area contributed by atoms with Crippen molar-refractivity contribution in [2.24, 2.45) is 0 Å². The van der Waals surface area contributed by atoms with Crippen molar-refractivity contribution in [2.75, 3.05) is 0 Å². The van der Waals surface area contributed by atoms with Crippen LogP contribution in [-0.2, 0) is 4.79 Å². The number of nitrogens with one attached hydrogen (secondary N) is 3. The molecule has 0 saturated carbocycles. The van der Waals surface area contributed by atoms with Crippen LogP contribution in [0.2, 0.25) is 0 Å². The second kappa shape index (κ2) is 4.03. The van der Waals surface area contributed by atoms with Crippen LogP contribution in [-0.4, -0.2) is 10.9 Å². The number of hydrogen-bond acceptors (Lipinski definition) is 3. The summed E-state index contributed by atoms with van der Waals surface area (Å²) in [5.41, 5.74) is 2.22. The summed E-state index contributed by atoms with van der Waals surface area (Å²) in [4.78, 5) is 14.7. The minimum Gasteiger partial charge on any atom is -0.340 e. The zero-order valence-electron chi connectivity index (χ0n) is 9.49. The Balaban J connectivity index is 2.08. The minimum absolute atomic E-state index is 0.0227. The smallest absolute Gasteiger partial charge is 0.242 e. The minimum atomic E-state index is -0.224. The van der Waals surface area contributed by atoms with E-state index in [0.29, 0.717) is 10.5 Å². The quantitative estimate of drug-likeness (QED) is 0.731. The second-order valence-corrected chi connectivity index (χ2v) is 5.33. The number of pyridine rings is 1. The van der Waals surface area contributed by atoms with Crippen molar-refractivity contribution in [3.05, 3.63) is 53.0 Å². The fraction of sp³-hybridized carbons (Fsp3) is 0.0769. The monoisotopic (exact) mass is 257 g/mol. The first-order valence-electron chi connectivity index (χ1n) is 5.47. The lowest BCUT2D eigenvalue weighted by atomic mass is 10.1. The fourth-order valence-corrected chi connectivity index (χ4v) is 2.90. The standard InChI is InChI=1S/C13H11N3OS/c1-7-15-13(17)12(18-7)9-2-4-10-8(6-9)3-5-11(14)16-10/h2-6,12H,1H2,(H2,14,16)(H,15,17). The van der Waals surface area contributed by atoms with Gasteiger partial charge in [0, 0.05) is 5.52 Å². The van der Waals surface area contributed by atoms with Gasteiger partial charge in [-0.25, -0.2) is 0 Å². The molecule has 2 aromatic rings. The molecular weight excluding hydrogens is 246 g/mol. The van der Waals surface area contributed by atoms with E-state index < -0.39 is 0 Å². The second-order valence-electron chi connectivity index (χ2n) is 4.13. The summed E-state index contributed by atoms with van der Waals surface area (Å²) in [6.07, 6.45) is 0.